The molecule has 0 radical (unpaired) electrons. The van der Waals surface area contributed by atoms with Gasteiger partial charge in [-0.1, -0.05) is 12.1 Å². The van der Waals surface area contributed by atoms with Crippen LogP contribution in [0.15, 0.2) is 29.3 Å². The van der Waals surface area contributed by atoms with E-state index in [0.717, 1.165) is 56.2 Å². The Bertz CT molecular complexity index is 567. The minimum absolute atomic E-state index is 0. The second-order valence-electron chi connectivity index (χ2n) is 6.85. The van der Waals surface area contributed by atoms with Gasteiger partial charge in [0.25, 0.3) is 0 Å². The summed E-state index contributed by atoms with van der Waals surface area (Å²) in [5.74, 6) is 1.46. The van der Waals surface area contributed by atoms with Crippen molar-refractivity contribution in [3.63, 3.8) is 0 Å². The fraction of sp³-hybridized carbons (Fsp3) is 0.632. The van der Waals surface area contributed by atoms with Gasteiger partial charge in [0.05, 0.1) is 12.1 Å². The second-order valence-corrected chi connectivity index (χ2v) is 6.85. The molecule has 0 atom stereocenters. The van der Waals surface area contributed by atoms with Gasteiger partial charge >= 0.3 is 6.18 Å². The molecule has 4 nitrogen and oxygen atoms in total. The fourth-order valence-electron chi connectivity index (χ4n) is 3.06. The molecule has 0 aromatic heterocycles. The SMILES string of the molecule is CCNC(=NCc1ccc(C(F)(F)F)cc1)NCCC1CCN(C)CC1.I. The van der Waals surface area contributed by atoms with Crippen LogP contribution in [0.1, 0.15) is 37.3 Å². The van der Waals surface area contributed by atoms with E-state index < -0.39 is 11.7 Å². The van der Waals surface area contributed by atoms with Crippen molar-refractivity contribution in [2.75, 3.05) is 33.2 Å². The Labute approximate surface area is 177 Å². The van der Waals surface area contributed by atoms with E-state index in [1.807, 2.05) is 6.92 Å². The second kappa shape index (κ2) is 11.7. The molecule has 2 N–H and O–H groups in total. The van der Waals surface area contributed by atoms with Crippen molar-refractivity contribution in [3.05, 3.63) is 35.4 Å². The first-order valence-electron chi connectivity index (χ1n) is 9.25. The highest BCUT2D eigenvalue weighted by Crippen LogP contribution is 2.29. The largest absolute Gasteiger partial charge is 0.416 e. The van der Waals surface area contributed by atoms with E-state index in [0.29, 0.717) is 12.5 Å². The Morgan fingerprint density at radius 1 is 1.15 bits per heavy atom. The molecule has 1 aromatic carbocycles. The first-order valence-corrected chi connectivity index (χ1v) is 9.25. The first-order chi connectivity index (χ1) is 12.4. The highest BCUT2D eigenvalue weighted by atomic mass is 127. The highest BCUT2D eigenvalue weighted by molar-refractivity contribution is 14.0. The number of benzene rings is 1. The minimum Gasteiger partial charge on any atom is -0.357 e. The van der Waals surface area contributed by atoms with E-state index >= 15 is 0 Å². The summed E-state index contributed by atoms with van der Waals surface area (Å²) >= 11 is 0. The van der Waals surface area contributed by atoms with E-state index in [1.165, 1.54) is 25.0 Å². The third-order valence-corrected chi connectivity index (χ3v) is 4.73. The molecule has 0 spiro atoms. The summed E-state index contributed by atoms with van der Waals surface area (Å²) in [5, 5.41) is 6.51. The Balaban J connectivity index is 0.00000364. The smallest absolute Gasteiger partial charge is 0.357 e. The normalized spacial score (nSPS) is 16.7. The van der Waals surface area contributed by atoms with Crippen molar-refractivity contribution < 1.29 is 13.2 Å². The number of nitrogens with one attached hydrogen (secondary N) is 2. The van der Waals surface area contributed by atoms with Gasteiger partial charge < -0.3 is 15.5 Å². The van der Waals surface area contributed by atoms with Crippen molar-refractivity contribution >= 4 is 29.9 Å². The standard InChI is InChI=1S/C19H29F3N4.HI/c1-3-23-18(24-11-8-15-9-12-26(2)13-10-15)25-14-16-4-6-17(7-5-16)19(20,21)22;/h4-7,15H,3,8-14H2,1-2H3,(H2,23,24,25);1H. The molecular formula is C19H30F3IN4. The summed E-state index contributed by atoms with van der Waals surface area (Å²) in [5.41, 5.74) is 0.124. The zero-order chi connectivity index (χ0) is 19.0. The molecule has 1 heterocycles. The summed E-state index contributed by atoms with van der Waals surface area (Å²) in [7, 11) is 2.16. The van der Waals surface area contributed by atoms with Crippen LogP contribution >= 0.6 is 24.0 Å². The van der Waals surface area contributed by atoms with Gasteiger partial charge in [-0.25, -0.2) is 4.99 Å². The third kappa shape index (κ3) is 8.68. The Morgan fingerprint density at radius 3 is 2.33 bits per heavy atom. The van der Waals surface area contributed by atoms with Crippen LogP contribution in [-0.4, -0.2) is 44.1 Å². The average Bonchev–Trinajstić information content (AvgIpc) is 2.61. The van der Waals surface area contributed by atoms with Gasteiger partial charge in [-0.15, -0.1) is 24.0 Å². The van der Waals surface area contributed by atoms with Crippen molar-refractivity contribution in [1.82, 2.24) is 15.5 Å². The molecule has 154 valence electrons. The molecule has 1 aliphatic heterocycles. The number of hydrogen-bond acceptors (Lipinski definition) is 2. The number of rotatable bonds is 6. The molecule has 0 amide bonds. The first kappa shape index (κ1) is 24.0. The van der Waals surface area contributed by atoms with Crippen LogP contribution < -0.4 is 10.6 Å². The number of alkyl halides is 3. The van der Waals surface area contributed by atoms with Crippen molar-refractivity contribution in [3.8, 4) is 0 Å². The van der Waals surface area contributed by atoms with Gasteiger partial charge in [0, 0.05) is 13.1 Å². The van der Waals surface area contributed by atoms with E-state index in [-0.39, 0.29) is 24.0 Å². The molecule has 2 rings (SSSR count). The Kier molecular flexibility index (Phi) is 10.4. The summed E-state index contributed by atoms with van der Waals surface area (Å²) in [6.07, 6.45) is -0.723. The van der Waals surface area contributed by atoms with Gasteiger partial charge in [-0.3, -0.25) is 0 Å². The van der Waals surface area contributed by atoms with Crippen molar-refractivity contribution in [2.45, 2.75) is 38.9 Å². The molecule has 1 aromatic rings. The van der Waals surface area contributed by atoms with Gasteiger partial charge in [0.15, 0.2) is 5.96 Å². The quantitative estimate of drug-likeness (QED) is 0.353. The van der Waals surface area contributed by atoms with Crippen LogP contribution in [0.2, 0.25) is 0 Å². The number of likely N-dealkylation sites (tertiary alicyclic amines) is 1. The lowest BCUT2D eigenvalue weighted by atomic mass is 9.94. The van der Waals surface area contributed by atoms with Crippen molar-refractivity contribution in [2.24, 2.45) is 10.9 Å². The van der Waals surface area contributed by atoms with Crippen molar-refractivity contribution in [1.29, 1.82) is 0 Å². The van der Waals surface area contributed by atoms with Gasteiger partial charge in [0.2, 0.25) is 0 Å². The summed E-state index contributed by atoms with van der Waals surface area (Å²) in [6, 6.07) is 5.17. The summed E-state index contributed by atoms with van der Waals surface area (Å²) < 4.78 is 37.8. The van der Waals surface area contributed by atoms with Crippen LogP contribution in [0.3, 0.4) is 0 Å². The molecule has 1 saturated heterocycles. The number of aliphatic imine (C=N–C) groups is 1. The molecule has 8 heteroatoms. The van der Waals surface area contributed by atoms with Crippen LogP contribution in [0.4, 0.5) is 13.2 Å². The zero-order valence-corrected chi connectivity index (χ0v) is 18.3. The number of halogens is 4. The maximum absolute atomic E-state index is 12.6. The van der Waals surface area contributed by atoms with Gasteiger partial charge in [-0.2, -0.15) is 13.2 Å². The molecule has 0 unspecified atom stereocenters. The zero-order valence-electron chi connectivity index (χ0n) is 16.0. The maximum Gasteiger partial charge on any atom is 0.416 e. The minimum atomic E-state index is -4.30. The lowest BCUT2D eigenvalue weighted by Gasteiger charge is -2.29. The van der Waals surface area contributed by atoms with E-state index in [2.05, 4.69) is 27.6 Å². The molecule has 1 aliphatic rings. The predicted molar refractivity (Wildman–Crippen MR) is 115 cm³/mol. The highest BCUT2D eigenvalue weighted by Gasteiger charge is 2.29. The maximum atomic E-state index is 12.6. The van der Waals surface area contributed by atoms with Crippen LogP contribution in [0, 0.1) is 5.92 Å². The molecule has 0 bridgehead atoms. The van der Waals surface area contributed by atoms with Gasteiger partial charge in [-0.05, 0) is 69.9 Å². The van der Waals surface area contributed by atoms with Crippen LogP contribution in [0.5, 0.6) is 0 Å². The lowest BCUT2D eigenvalue weighted by molar-refractivity contribution is -0.137. The summed E-state index contributed by atoms with van der Waals surface area (Å²) in [6.45, 7) is 6.26. The molecule has 1 fully saturated rings. The Morgan fingerprint density at radius 2 is 1.78 bits per heavy atom. The van der Waals surface area contributed by atoms with Crippen LogP contribution in [0.25, 0.3) is 0 Å². The lowest BCUT2D eigenvalue weighted by Crippen LogP contribution is -2.39. The van der Waals surface area contributed by atoms with E-state index in [9.17, 15) is 13.2 Å². The molecule has 0 saturated carbocycles. The third-order valence-electron chi connectivity index (χ3n) is 4.73. The number of nitrogens with zero attached hydrogens (tertiary/aromatic N) is 2. The van der Waals surface area contributed by atoms with Crippen LogP contribution in [-0.2, 0) is 12.7 Å². The van der Waals surface area contributed by atoms with E-state index in [1.54, 1.807) is 0 Å². The topological polar surface area (TPSA) is 39.7 Å². The average molecular weight is 498 g/mol. The monoisotopic (exact) mass is 498 g/mol. The number of piperidine rings is 1. The predicted octanol–water partition coefficient (Wildman–Crippen LogP) is 4.11. The molecule has 0 aliphatic carbocycles. The number of guanidine groups is 1. The molecular weight excluding hydrogens is 468 g/mol. The molecule has 27 heavy (non-hydrogen) atoms. The Hall–Kier alpha value is -1.03. The number of hydrogen-bond donors (Lipinski definition) is 2. The summed E-state index contributed by atoms with van der Waals surface area (Å²) in [4.78, 5) is 6.84. The fourth-order valence-corrected chi connectivity index (χ4v) is 3.06. The van der Waals surface area contributed by atoms with E-state index in [4.69, 9.17) is 0 Å². The van der Waals surface area contributed by atoms with Gasteiger partial charge in [0.1, 0.15) is 0 Å².